The maximum atomic E-state index is 13.0. The maximum absolute atomic E-state index is 13.0. The van der Waals surface area contributed by atoms with Crippen molar-refractivity contribution in [2.45, 2.75) is 37.8 Å². The lowest BCUT2D eigenvalue weighted by atomic mass is 10.1. The molecule has 5 rings (SSSR count). The molecule has 3 aliphatic rings. The van der Waals surface area contributed by atoms with Gasteiger partial charge < -0.3 is 10.2 Å². The maximum Gasteiger partial charge on any atom is 0.254 e. The lowest BCUT2D eigenvalue weighted by Gasteiger charge is -2.40. The van der Waals surface area contributed by atoms with Crippen molar-refractivity contribution in [1.82, 2.24) is 15.1 Å². The predicted molar refractivity (Wildman–Crippen MR) is 114 cm³/mol. The van der Waals surface area contributed by atoms with Crippen LogP contribution >= 0.6 is 11.3 Å². The van der Waals surface area contributed by atoms with Crippen LogP contribution in [0.25, 0.3) is 0 Å². The van der Waals surface area contributed by atoms with E-state index < -0.39 is 0 Å². The predicted octanol–water partition coefficient (Wildman–Crippen LogP) is 2.88. The number of nitrogens with zero attached hydrogens (tertiary/aromatic N) is 2. The number of benzene rings is 1. The second-order valence-corrected chi connectivity index (χ2v) is 9.88. The van der Waals surface area contributed by atoms with E-state index in [1.807, 2.05) is 35.2 Å². The molecular formula is C23H27N3O2S. The summed E-state index contributed by atoms with van der Waals surface area (Å²) in [5.41, 5.74) is 0.752. The second-order valence-electron chi connectivity index (χ2n) is 8.56. The summed E-state index contributed by atoms with van der Waals surface area (Å²) in [6, 6.07) is 14.3. The van der Waals surface area contributed by atoms with Gasteiger partial charge in [-0.25, -0.2) is 0 Å². The van der Waals surface area contributed by atoms with Crippen molar-refractivity contribution in [3.05, 3.63) is 57.8 Å². The number of carbonyl (C=O) groups is 2. The molecule has 1 aromatic heterocycles. The van der Waals surface area contributed by atoms with Gasteiger partial charge in [-0.2, -0.15) is 0 Å². The van der Waals surface area contributed by atoms with Crippen LogP contribution in [-0.2, 0) is 4.79 Å². The highest BCUT2D eigenvalue weighted by molar-refractivity contribution is 7.12. The first-order valence-electron chi connectivity index (χ1n) is 10.5. The van der Waals surface area contributed by atoms with E-state index in [1.165, 1.54) is 9.75 Å². The minimum absolute atomic E-state index is 0.115. The number of rotatable bonds is 5. The summed E-state index contributed by atoms with van der Waals surface area (Å²) >= 11 is 1.80. The fraction of sp³-hybridized carbons (Fsp3) is 0.478. The van der Waals surface area contributed by atoms with Crippen molar-refractivity contribution < 1.29 is 9.59 Å². The van der Waals surface area contributed by atoms with Crippen molar-refractivity contribution in [3.8, 4) is 0 Å². The average molecular weight is 410 g/mol. The van der Waals surface area contributed by atoms with Gasteiger partial charge in [0.2, 0.25) is 5.91 Å². The van der Waals surface area contributed by atoms with E-state index in [2.05, 4.69) is 29.3 Å². The van der Waals surface area contributed by atoms with Crippen LogP contribution in [0.1, 0.15) is 38.9 Å². The molecule has 5 atom stereocenters. The van der Waals surface area contributed by atoms with E-state index in [0.717, 1.165) is 31.5 Å². The molecule has 1 saturated carbocycles. The molecule has 152 valence electrons. The SMILES string of the molecule is Cc1ccc(C2CC2C(=O)NCC2CN(C(=O)c3ccccc3)C3CCN2C3)s1. The Morgan fingerprint density at radius 1 is 1.14 bits per heavy atom. The molecule has 0 radical (unpaired) electrons. The third kappa shape index (κ3) is 3.71. The second kappa shape index (κ2) is 7.58. The Morgan fingerprint density at radius 3 is 2.72 bits per heavy atom. The molecule has 6 heteroatoms. The van der Waals surface area contributed by atoms with Crippen molar-refractivity contribution in [1.29, 1.82) is 0 Å². The molecule has 2 bridgehead atoms. The van der Waals surface area contributed by atoms with Gasteiger partial charge in [-0.15, -0.1) is 11.3 Å². The molecule has 1 aromatic carbocycles. The number of fused-ring (bicyclic) bond motifs is 2. The smallest absolute Gasteiger partial charge is 0.254 e. The van der Waals surface area contributed by atoms with Gasteiger partial charge in [0, 0.05) is 65.4 Å². The first-order valence-corrected chi connectivity index (χ1v) is 11.4. The molecule has 3 fully saturated rings. The summed E-state index contributed by atoms with van der Waals surface area (Å²) in [4.78, 5) is 32.8. The minimum Gasteiger partial charge on any atom is -0.354 e. The Bertz CT molecular complexity index is 912. The number of carbonyl (C=O) groups excluding carboxylic acids is 2. The fourth-order valence-corrected chi connectivity index (χ4v) is 5.89. The summed E-state index contributed by atoms with van der Waals surface area (Å²) in [7, 11) is 0. The highest BCUT2D eigenvalue weighted by atomic mass is 32.1. The number of thiophene rings is 1. The van der Waals surface area contributed by atoms with Crippen LogP contribution in [0.2, 0.25) is 0 Å². The van der Waals surface area contributed by atoms with Gasteiger partial charge in [-0.3, -0.25) is 14.5 Å². The Hall–Kier alpha value is -2.18. The van der Waals surface area contributed by atoms with E-state index >= 15 is 0 Å². The van der Waals surface area contributed by atoms with E-state index in [-0.39, 0.29) is 23.8 Å². The normalized spacial score (nSPS) is 30.2. The van der Waals surface area contributed by atoms with Crippen LogP contribution in [-0.4, -0.2) is 59.9 Å². The quantitative estimate of drug-likeness (QED) is 0.826. The molecule has 2 amide bonds. The number of hydrogen-bond acceptors (Lipinski definition) is 4. The number of aryl methyl sites for hydroxylation is 1. The summed E-state index contributed by atoms with van der Waals surface area (Å²) in [6.07, 6.45) is 1.98. The third-order valence-electron chi connectivity index (χ3n) is 6.61. The van der Waals surface area contributed by atoms with Gasteiger partial charge >= 0.3 is 0 Å². The van der Waals surface area contributed by atoms with Crippen LogP contribution in [0.3, 0.4) is 0 Å². The number of hydrogen-bond donors (Lipinski definition) is 1. The van der Waals surface area contributed by atoms with Gasteiger partial charge in [0.25, 0.3) is 5.91 Å². The highest BCUT2D eigenvalue weighted by Crippen LogP contribution is 2.49. The summed E-state index contributed by atoms with van der Waals surface area (Å²) in [5, 5.41) is 3.19. The first-order chi connectivity index (χ1) is 14.1. The van der Waals surface area contributed by atoms with Gasteiger partial charge in [-0.05, 0) is 44.0 Å². The monoisotopic (exact) mass is 409 g/mol. The van der Waals surface area contributed by atoms with Crippen LogP contribution in [0.4, 0.5) is 0 Å². The van der Waals surface area contributed by atoms with E-state index in [9.17, 15) is 9.59 Å². The molecule has 5 nitrogen and oxygen atoms in total. The van der Waals surface area contributed by atoms with Crippen LogP contribution in [0.5, 0.6) is 0 Å². The Balaban J connectivity index is 1.19. The third-order valence-corrected chi connectivity index (χ3v) is 7.74. The van der Waals surface area contributed by atoms with E-state index in [1.54, 1.807) is 11.3 Å². The molecule has 2 aliphatic heterocycles. The van der Waals surface area contributed by atoms with E-state index in [0.29, 0.717) is 25.0 Å². The Labute approximate surface area is 175 Å². The number of amides is 2. The number of piperazine rings is 1. The molecule has 0 spiro atoms. The topological polar surface area (TPSA) is 52.7 Å². The first kappa shape index (κ1) is 18.8. The van der Waals surface area contributed by atoms with Crippen LogP contribution < -0.4 is 5.32 Å². The van der Waals surface area contributed by atoms with Gasteiger partial charge in [0.05, 0.1) is 0 Å². The number of nitrogens with one attached hydrogen (secondary N) is 1. The van der Waals surface area contributed by atoms with Crippen LogP contribution in [0, 0.1) is 12.8 Å². The average Bonchev–Trinajstić information content (AvgIpc) is 3.26. The van der Waals surface area contributed by atoms with Gasteiger partial charge in [-0.1, -0.05) is 18.2 Å². The molecule has 3 heterocycles. The summed E-state index contributed by atoms with van der Waals surface area (Å²) in [5.74, 6) is 0.796. The minimum atomic E-state index is 0.115. The zero-order chi connectivity index (χ0) is 20.0. The largest absolute Gasteiger partial charge is 0.354 e. The van der Waals surface area contributed by atoms with Crippen LogP contribution in [0.15, 0.2) is 42.5 Å². The van der Waals surface area contributed by atoms with Gasteiger partial charge in [0.1, 0.15) is 0 Å². The van der Waals surface area contributed by atoms with Crippen molar-refractivity contribution >= 4 is 23.2 Å². The van der Waals surface area contributed by atoms with Crippen molar-refractivity contribution in [2.24, 2.45) is 5.92 Å². The molecule has 2 saturated heterocycles. The Kier molecular flexibility index (Phi) is 4.92. The standard InChI is InChI=1S/C23H27N3O2S/c1-15-7-8-21(29-15)19-11-20(19)22(27)24-12-18-14-26(17-9-10-25(18)13-17)23(28)16-5-3-2-4-6-16/h2-8,17-20H,9-14H2,1H3,(H,24,27). The van der Waals surface area contributed by atoms with Crippen molar-refractivity contribution in [2.75, 3.05) is 26.2 Å². The fourth-order valence-electron chi connectivity index (χ4n) is 4.84. The molecular weight excluding hydrogens is 382 g/mol. The summed E-state index contributed by atoms with van der Waals surface area (Å²) < 4.78 is 0. The molecule has 5 unspecified atom stereocenters. The zero-order valence-electron chi connectivity index (χ0n) is 16.7. The Morgan fingerprint density at radius 2 is 1.97 bits per heavy atom. The molecule has 1 N–H and O–H groups in total. The molecule has 1 aliphatic carbocycles. The van der Waals surface area contributed by atoms with Crippen molar-refractivity contribution in [3.63, 3.8) is 0 Å². The summed E-state index contributed by atoms with van der Waals surface area (Å²) in [6.45, 7) is 5.35. The molecule has 2 aromatic rings. The lowest BCUT2D eigenvalue weighted by Crippen LogP contribution is -2.57. The molecule has 29 heavy (non-hydrogen) atoms. The lowest BCUT2D eigenvalue weighted by molar-refractivity contribution is -0.122. The zero-order valence-corrected chi connectivity index (χ0v) is 17.5. The van der Waals surface area contributed by atoms with E-state index in [4.69, 9.17) is 0 Å². The highest BCUT2D eigenvalue weighted by Gasteiger charge is 2.45. The van der Waals surface area contributed by atoms with Gasteiger partial charge in [0.15, 0.2) is 0 Å².